The molecule has 19 heavy (non-hydrogen) atoms. The lowest BCUT2D eigenvalue weighted by Gasteiger charge is -2.08. The van der Waals surface area contributed by atoms with E-state index in [-0.39, 0.29) is 21.9 Å². The third kappa shape index (κ3) is 3.00. The summed E-state index contributed by atoms with van der Waals surface area (Å²) in [5, 5.41) is 2.78. The van der Waals surface area contributed by atoms with Crippen LogP contribution in [0.5, 0.6) is 0 Å². The Morgan fingerprint density at radius 3 is 2.63 bits per heavy atom. The summed E-state index contributed by atoms with van der Waals surface area (Å²) in [6.45, 7) is 3.62. The highest BCUT2D eigenvalue weighted by atomic mass is 35.5. The van der Waals surface area contributed by atoms with Crippen LogP contribution in [0.25, 0.3) is 0 Å². The van der Waals surface area contributed by atoms with Gasteiger partial charge in [-0.1, -0.05) is 23.2 Å². The number of anilines is 1. The van der Waals surface area contributed by atoms with Gasteiger partial charge in [0.2, 0.25) is 0 Å². The van der Waals surface area contributed by atoms with Gasteiger partial charge in [-0.15, -0.1) is 0 Å². The Kier molecular flexibility index (Phi) is 3.97. The van der Waals surface area contributed by atoms with Crippen LogP contribution in [0.1, 0.15) is 21.7 Å². The summed E-state index contributed by atoms with van der Waals surface area (Å²) in [6, 6.07) is 3.46. The molecule has 2 heterocycles. The molecule has 1 N–H and O–H groups in total. The summed E-state index contributed by atoms with van der Waals surface area (Å²) in [5.74, 6) is -0.173. The average molecular weight is 297 g/mol. The Bertz CT molecular complexity index is 646. The zero-order valence-corrected chi connectivity index (χ0v) is 11.7. The second-order valence-corrected chi connectivity index (χ2v) is 4.60. The topological polar surface area (TPSA) is 67.8 Å². The number of nitrogens with one attached hydrogen (secondary N) is 1. The molecule has 2 aromatic heterocycles. The molecule has 2 rings (SSSR count). The zero-order chi connectivity index (χ0) is 14.0. The first kappa shape index (κ1) is 13.7. The second kappa shape index (κ2) is 5.50. The average Bonchev–Trinajstić information content (AvgIpc) is 2.34. The molecule has 0 aliphatic carbocycles. The number of aromatic nitrogens is 3. The summed E-state index contributed by atoms with van der Waals surface area (Å²) in [7, 11) is 0. The number of amides is 1. The summed E-state index contributed by atoms with van der Waals surface area (Å²) in [6.07, 6.45) is 1.23. The van der Waals surface area contributed by atoms with Crippen molar-refractivity contribution in [1.82, 2.24) is 15.0 Å². The van der Waals surface area contributed by atoms with Gasteiger partial charge in [0, 0.05) is 5.69 Å². The van der Waals surface area contributed by atoms with Crippen LogP contribution in [0.4, 0.5) is 5.82 Å². The van der Waals surface area contributed by atoms with Gasteiger partial charge in [-0.3, -0.25) is 9.78 Å². The highest BCUT2D eigenvalue weighted by molar-refractivity contribution is 6.43. The van der Waals surface area contributed by atoms with Gasteiger partial charge in [-0.25, -0.2) is 9.97 Å². The van der Waals surface area contributed by atoms with E-state index in [2.05, 4.69) is 20.3 Å². The molecule has 0 fully saturated rings. The summed E-state index contributed by atoms with van der Waals surface area (Å²) in [5.41, 5.74) is 1.93. The van der Waals surface area contributed by atoms with E-state index in [1.54, 1.807) is 19.1 Å². The lowest BCUT2D eigenvalue weighted by atomic mass is 10.2. The minimum absolute atomic E-state index is 0.0886. The lowest BCUT2D eigenvalue weighted by molar-refractivity contribution is 0.102. The van der Waals surface area contributed by atoms with Gasteiger partial charge in [-0.2, -0.15) is 0 Å². The van der Waals surface area contributed by atoms with Crippen LogP contribution in [0.2, 0.25) is 10.2 Å². The number of hydrogen-bond acceptors (Lipinski definition) is 4. The van der Waals surface area contributed by atoms with Crippen LogP contribution in [0.3, 0.4) is 0 Å². The van der Waals surface area contributed by atoms with E-state index in [0.717, 1.165) is 5.69 Å². The number of halogens is 2. The Morgan fingerprint density at radius 1 is 1.21 bits per heavy atom. The van der Waals surface area contributed by atoms with Crippen LogP contribution in [-0.2, 0) is 0 Å². The van der Waals surface area contributed by atoms with Crippen LogP contribution in [0.15, 0.2) is 18.5 Å². The molecule has 0 bridgehead atoms. The molecule has 0 aromatic carbocycles. The van der Waals surface area contributed by atoms with Crippen LogP contribution < -0.4 is 5.32 Å². The van der Waals surface area contributed by atoms with Gasteiger partial charge >= 0.3 is 0 Å². The van der Waals surface area contributed by atoms with Crippen molar-refractivity contribution in [2.24, 2.45) is 0 Å². The number of aryl methyl sites for hydroxylation is 2. The maximum atomic E-state index is 12.1. The molecule has 0 aliphatic rings. The second-order valence-electron chi connectivity index (χ2n) is 3.87. The van der Waals surface area contributed by atoms with Gasteiger partial charge in [0.05, 0.1) is 11.3 Å². The van der Waals surface area contributed by atoms with Gasteiger partial charge in [0.15, 0.2) is 11.0 Å². The summed E-state index contributed by atoms with van der Waals surface area (Å²) >= 11 is 11.7. The minimum atomic E-state index is -0.346. The first-order valence-corrected chi connectivity index (χ1v) is 6.16. The Morgan fingerprint density at radius 2 is 1.95 bits per heavy atom. The fraction of sp³-hybridized carbons (Fsp3) is 0.167. The molecular weight excluding hydrogens is 287 g/mol. The van der Waals surface area contributed by atoms with Crippen molar-refractivity contribution in [3.05, 3.63) is 45.6 Å². The van der Waals surface area contributed by atoms with Crippen LogP contribution in [0, 0.1) is 13.8 Å². The van der Waals surface area contributed by atoms with E-state index in [9.17, 15) is 4.79 Å². The van der Waals surface area contributed by atoms with Crippen LogP contribution >= 0.6 is 23.2 Å². The Labute approximate surface area is 120 Å². The quantitative estimate of drug-likeness (QED) is 0.865. The molecule has 2 aromatic rings. The van der Waals surface area contributed by atoms with E-state index in [4.69, 9.17) is 23.2 Å². The van der Waals surface area contributed by atoms with E-state index in [1.807, 2.05) is 6.92 Å². The lowest BCUT2D eigenvalue weighted by Crippen LogP contribution is -2.15. The van der Waals surface area contributed by atoms with Crippen molar-refractivity contribution in [2.75, 3.05) is 5.32 Å². The largest absolute Gasteiger partial charge is 0.305 e. The molecule has 0 radical (unpaired) electrons. The van der Waals surface area contributed by atoms with Crippen molar-refractivity contribution in [1.29, 1.82) is 0 Å². The number of carbonyl (C=O) groups is 1. The predicted octanol–water partition coefficient (Wildman–Crippen LogP) is 3.05. The highest BCUT2D eigenvalue weighted by Gasteiger charge is 2.14. The number of hydrogen-bond donors (Lipinski definition) is 1. The molecule has 98 valence electrons. The third-order valence-corrected chi connectivity index (χ3v) is 3.19. The predicted molar refractivity (Wildman–Crippen MR) is 73.7 cm³/mol. The van der Waals surface area contributed by atoms with Crippen molar-refractivity contribution in [3.63, 3.8) is 0 Å². The molecule has 0 spiro atoms. The SMILES string of the molecule is Cc1ccc(C(=O)Nc2ncnc(Cl)c2Cl)c(C)n1. The minimum Gasteiger partial charge on any atom is -0.305 e. The van der Waals surface area contributed by atoms with Crippen molar-refractivity contribution in [2.45, 2.75) is 13.8 Å². The van der Waals surface area contributed by atoms with Crippen molar-refractivity contribution < 1.29 is 4.79 Å². The fourth-order valence-electron chi connectivity index (χ4n) is 1.54. The normalized spacial score (nSPS) is 10.3. The molecule has 7 heteroatoms. The molecule has 5 nitrogen and oxygen atoms in total. The number of pyridine rings is 1. The first-order valence-electron chi connectivity index (χ1n) is 5.40. The Hall–Kier alpha value is -1.72. The van der Waals surface area contributed by atoms with Crippen molar-refractivity contribution >= 4 is 34.9 Å². The number of carbonyl (C=O) groups excluding carboxylic acids is 1. The first-order chi connectivity index (χ1) is 8.99. The smallest absolute Gasteiger partial charge is 0.258 e. The van der Waals surface area contributed by atoms with Gasteiger partial charge in [0.1, 0.15) is 11.3 Å². The maximum absolute atomic E-state index is 12.1. The van der Waals surface area contributed by atoms with E-state index >= 15 is 0 Å². The van der Waals surface area contributed by atoms with E-state index in [0.29, 0.717) is 11.3 Å². The standard InChI is InChI=1S/C12H10Cl2N4O/c1-6-3-4-8(7(2)17-6)12(19)18-11-9(13)10(14)15-5-16-11/h3-5H,1-2H3,(H,15,16,18,19). The highest BCUT2D eigenvalue weighted by Crippen LogP contribution is 2.25. The summed E-state index contributed by atoms with van der Waals surface area (Å²) < 4.78 is 0. The molecule has 0 atom stereocenters. The number of nitrogens with zero attached hydrogens (tertiary/aromatic N) is 3. The maximum Gasteiger partial charge on any atom is 0.258 e. The van der Waals surface area contributed by atoms with Gasteiger partial charge in [0.25, 0.3) is 5.91 Å². The molecule has 1 amide bonds. The molecule has 0 saturated heterocycles. The van der Waals surface area contributed by atoms with Gasteiger partial charge < -0.3 is 5.32 Å². The zero-order valence-electron chi connectivity index (χ0n) is 10.2. The molecule has 0 aliphatic heterocycles. The molecule has 0 unspecified atom stereocenters. The summed E-state index contributed by atoms with van der Waals surface area (Å²) in [4.78, 5) is 23.9. The molecule has 0 saturated carbocycles. The van der Waals surface area contributed by atoms with E-state index in [1.165, 1.54) is 6.33 Å². The van der Waals surface area contributed by atoms with E-state index < -0.39 is 0 Å². The number of rotatable bonds is 2. The fourth-order valence-corrected chi connectivity index (χ4v) is 1.81. The third-order valence-electron chi connectivity index (χ3n) is 2.45. The van der Waals surface area contributed by atoms with Crippen LogP contribution in [-0.4, -0.2) is 20.9 Å². The monoisotopic (exact) mass is 296 g/mol. The molecular formula is C12H10Cl2N4O. The Balaban J connectivity index is 2.28. The van der Waals surface area contributed by atoms with Gasteiger partial charge in [-0.05, 0) is 26.0 Å². The van der Waals surface area contributed by atoms with Crippen molar-refractivity contribution in [3.8, 4) is 0 Å².